The van der Waals surface area contributed by atoms with E-state index in [-0.39, 0.29) is 11.4 Å². The molecular formula is C19H15ClN2O4S. The van der Waals surface area contributed by atoms with E-state index in [1.54, 1.807) is 36.4 Å². The minimum Gasteiger partial charge on any atom is -0.495 e. The summed E-state index contributed by atoms with van der Waals surface area (Å²) in [6.07, 6.45) is -1.89. The number of carboxylic acids is 1. The van der Waals surface area contributed by atoms with Gasteiger partial charge in [0.2, 0.25) is 0 Å². The molecule has 2 aromatic carbocycles. The number of methoxy groups -OCH3 is 1. The van der Waals surface area contributed by atoms with Gasteiger partial charge in [0.1, 0.15) is 22.9 Å². The third-order valence-corrected chi connectivity index (χ3v) is 4.94. The van der Waals surface area contributed by atoms with Crippen molar-refractivity contribution < 1.29 is 19.4 Å². The predicted octanol–water partition coefficient (Wildman–Crippen LogP) is 3.92. The number of thiocarbonyl (C=S) groups is 1. The number of nitriles is 1. The van der Waals surface area contributed by atoms with Crippen LogP contribution in [-0.4, -0.2) is 29.3 Å². The Morgan fingerprint density at radius 3 is 2.85 bits per heavy atom. The van der Waals surface area contributed by atoms with Gasteiger partial charge in [-0.15, -0.1) is 0 Å². The van der Waals surface area contributed by atoms with Gasteiger partial charge >= 0.3 is 5.97 Å². The number of rotatable bonds is 4. The number of carbonyl (C=O) groups is 1. The van der Waals surface area contributed by atoms with Gasteiger partial charge in [-0.3, -0.25) is 4.79 Å². The third kappa shape index (κ3) is 3.88. The molecule has 8 heteroatoms. The minimum atomic E-state index is -1.04. The van der Waals surface area contributed by atoms with Crippen LogP contribution in [0, 0.1) is 11.3 Å². The van der Waals surface area contributed by atoms with Crippen LogP contribution in [0.3, 0.4) is 0 Å². The summed E-state index contributed by atoms with van der Waals surface area (Å²) in [7, 11) is 1.50. The first kappa shape index (κ1) is 19.1. The fourth-order valence-electron chi connectivity index (χ4n) is 2.90. The largest absolute Gasteiger partial charge is 0.495 e. The maximum atomic E-state index is 11.3. The first-order valence-electron chi connectivity index (χ1n) is 7.99. The number of halogens is 1. The van der Waals surface area contributed by atoms with Gasteiger partial charge in [-0.2, -0.15) is 5.26 Å². The van der Waals surface area contributed by atoms with Crippen LogP contribution in [0.2, 0.25) is 5.02 Å². The second kappa shape index (κ2) is 7.92. The quantitative estimate of drug-likeness (QED) is 0.748. The molecule has 0 saturated heterocycles. The normalized spacial score (nSPS) is 18.6. The molecule has 0 radical (unpaired) electrons. The molecule has 138 valence electrons. The van der Waals surface area contributed by atoms with E-state index in [2.05, 4.69) is 11.4 Å². The molecule has 2 aromatic rings. The lowest BCUT2D eigenvalue weighted by Gasteiger charge is -2.23. The molecule has 0 aromatic heterocycles. The zero-order valence-electron chi connectivity index (χ0n) is 14.2. The third-order valence-electron chi connectivity index (χ3n) is 4.17. The number of carboxylic acid groups (broad SMARTS) is 1. The van der Waals surface area contributed by atoms with Crippen molar-refractivity contribution in [1.29, 1.82) is 5.26 Å². The standard InChI is InChI=1S/C19H15ClN2O4S/c1-25-14-4-2-3-11(17(14)20)18-12-7-10(9-21)5-6-13(12)22-19(27)15(26-18)8-16(23)24/h2-7,15,18H,8H2,1H3,(H,22,27)(H,23,24)/t15-,18-/m0/s1. The van der Waals surface area contributed by atoms with Gasteiger partial charge in [-0.25, -0.2) is 0 Å². The van der Waals surface area contributed by atoms with E-state index in [0.29, 0.717) is 33.1 Å². The highest BCUT2D eigenvalue weighted by Crippen LogP contribution is 2.41. The van der Waals surface area contributed by atoms with Crippen molar-refractivity contribution in [1.82, 2.24) is 0 Å². The average molecular weight is 403 g/mol. The van der Waals surface area contributed by atoms with Crippen LogP contribution in [0.25, 0.3) is 0 Å². The molecule has 2 atom stereocenters. The van der Waals surface area contributed by atoms with Crippen LogP contribution < -0.4 is 10.1 Å². The van der Waals surface area contributed by atoms with Crippen molar-refractivity contribution in [2.75, 3.05) is 12.4 Å². The number of aliphatic carboxylic acids is 1. The van der Waals surface area contributed by atoms with Crippen molar-refractivity contribution in [3.05, 3.63) is 58.1 Å². The average Bonchev–Trinajstić information content (AvgIpc) is 2.78. The van der Waals surface area contributed by atoms with Crippen LogP contribution in [-0.2, 0) is 9.53 Å². The number of nitrogens with zero attached hydrogens (tertiary/aromatic N) is 1. The minimum absolute atomic E-state index is 0.255. The maximum absolute atomic E-state index is 11.3. The fraction of sp³-hybridized carbons (Fsp3) is 0.211. The molecule has 1 aliphatic rings. The topological polar surface area (TPSA) is 91.6 Å². The molecule has 0 saturated carbocycles. The van der Waals surface area contributed by atoms with Crippen LogP contribution in [0.15, 0.2) is 36.4 Å². The summed E-state index contributed by atoms with van der Waals surface area (Å²) in [5.74, 6) is -0.575. The Bertz CT molecular complexity index is 957. The molecule has 0 fully saturated rings. The predicted molar refractivity (Wildman–Crippen MR) is 104 cm³/mol. The molecule has 0 amide bonds. The first-order chi connectivity index (χ1) is 12.9. The van der Waals surface area contributed by atoms with Crippen LogP contribution in [0.4, 0.5) is 5.69 Å². The van der Waals surface area contributed by atoms with Crippen molar-refractivity contribution in [3.8, 4) is 11.8 Å². The van der Waals surface area contributed by atoms with E-state index in [0.717, 1.165) is 0 Å². The van der Waals surface area contributed by atoms with Crippen LogP contribution in [0.5, 0.6) is 5.75 Å². The molecule has 0 unspecified atom stereocenters. The van der Waals surface area contributed by atoms with Crippen molar-refractivity contribution in [2.24, 2.45) is 0 Å². The summed E-state index contributed by atoms with van der Waals surface area (Å²) in [6, 6.07) is 12.4. The molecule has 2 N–H and O–H groups in total. The van der Waals surface area contributed by atoms with Gasteiger partial charge in [0.25, 0.3) is 0 Å². The molecule has 27 heavy (non-hydrogen) atoms. The maximum Gasteiger partial charge on any atom is 0.306 e. The number of hydrogen-bond donors (Lipinski definition) is 2. The van der Waals surface area contributed by atoms with E-state index in [1.165, 1.54) is 7.11 Å². The monoisotopic (exact) mass is 402 g/mol. The molecule has 0 aliphatic carbocycles. The van der Waals surface area contributed by atoms with Gasteiger partial charge in [-0.1, -0.05) is 36.0 Å². The molecule has 0 spiro atoms. The number of ether oxygens (including phenoxy) is 2. The van der Waals surface area contributed by atoms with Crippen molar-refractivity contribution in [2.45, 2.75) is 18.6 Å². The second-order valence-electron chi connectivity index (χ2n) is 5.87. The number of nitrogens with one attached hydrogen (secondary N) is 1. The molecule has 1 aliphatic heterocycles. The Morgan fingerprint density at radius 1 is 1.41 bits per heavy atom. The Kier molecular flexibility index (Phi) is 5.61. The van der Waals surface area contributed by atoms with E-state index >= 15 is 0 Å². The number of fused-ring (bicyclic) bond motifs is 1. The summed E-state index contributed by atoms with van der Waals surface area (Å²) in [5, 5.41) is 21.9. The Labute approximate surface area is 166 Å². The smallest absolute Gasteiger partial charge is 0.306 e. The molecule has 3 rings (SSSR count). The van der Waals surface area contributed by atoms with Gasteiger partial charge in [0.15, 0.2) is 0 Å². The van der Waals surface area contributed by atoms with E-state index in [4.69, 9.17) is 33.3 Å². The first-order valence-corrected chi connectivity index (χ1v) is 8.77. The zero-order chi connectivity index (χ0) is 19.6. The summed E-state index contributed by atoms with van der Waals surface area (Å²) in [5.41, 5.74) is 2.30. The Hall–Kier alpha value is -2.66. The second-order valence-corrected chi connectivity index (χ2v) is 6.69. The lowest BCUT2D eigenvalue weighted by molar-refractivity contribution is -0.139. The fourth-order valence-corrected chi connectivity index (χ4v) is 3.45. The Morgan fingerprint density at radius 2 is 2.19 bits per heavy atom. The highest BCUT2D eigenvalue weighted by Gasteiger charge is 2.32. The molecule has 1 heterocycles. The molecule has 0 bridgehead atoms. The van der Waals surface area contributed by atoms with Gasteiger partial charge < -0.3 is 19.9 Å². The molecule has 6 nitrogen and oxygen atoms in total. The van der Waals surface area contributed by atoms with Crippen LogP contribution in [0.1, 0.15) is 29.2 Å². The lowest BCUT2D eigenvalue weighted by atomic mass is 9.97. The zero-order valence-corrected chi connectivity index (χ0v) is 15.8. The number of hydrogen-bond acceptors (Lipinski definition) is 5. The van der Waals surface area contributed by atoms with Gasteiger partial charge in [-0.05, 0) is 24.3 Å². The number of anilines is 1. The highest BCUT2D eigenvalue weighted by molar-refractivity contribution is 7.80. The summed E-state index contributed by atoms with van der Waals surface area (Å²) in [6.45, 7) is 0. The Balaban J connectivity index is 2.18. The SMILES string of the molecule is COc1cccc([C@@H]2O[C@@H](CC(=O)O)C(=S)Nc3ccc(C#N)cc32)c1Cl. The molecular weight excluding hydrogens is 388 g/mol. The van der Waals surface area contributed by atoms with Gasteiger partial charge in [0.05, 0.1) is 30.2 Å². The summed E-state index contributed by atoms with van der Waals surface area (Å²) in [4.78, 5) is 11.5. The number of benzene rings is 2. The highest BCUT2D eigenvalue weighted by atomic mass is 35.5. The van der Waals surface area contributed by atoms with Crippen molar-refractivity contribution >= 4 is 40.5 Å². The van der Waals surface area contributed by atoms with E-state index < -0.39 is 18.2 Å². The van der Waals surface area contributed by atoms with Crippen molar-refractivity contribution in [3.63, 3.8) is 0 Å². The van der Waals surface area contributed by atoms with Gasteiger partial charge in [0, 0.05) is 16.8 Å². The van der Waals surface area contributed by atoms with Crippen LogP contribution >= 0.6 is 23.8 Å². The van der Waals surface area contributed by atoms with E-state index in [1.807, 2.05) is 0 Å². The lowest BCUT2D eigenvalue weighted by Crippen LogP contribution is -2.30. The van der Waals surface area contributed by atoms with E-state index in [9.17, 15) is 15.2 Å². The summed E-state index contributed by atoms with van der Waals surface area (Å²) >= 11 is 11.8. The summed E-state index contributed by atoms with van der Waals surface area (Å²) < 4.78 is 11.4.